The number of nitrogens with one attached hydrogen (secondary N) is 4. The highest BCUT2D eigenvalue weighted by Gasteiger charge is 2.59. The van der Waals surface area contributed by atoms with E-state index in [-0.39, 0.29) is 17.9 Å². The van der Waals surface area contributed by atoms with Gasteiger partial charge >= 0.3 is 11.9 Å². The Morgan fingerprint density at radius 2 is 1.91 bits per heavy atom. The number of hydrogen-bond donors (Lipinski definition) is 9. The fraction of sp³-hybridized carbons (Fsp3) is 0.381. The molecule has 0 aliphatic carbocycles. The average Bonchev–Trinajstić information content (AvgIpc) is 2.81. The Kier molecular flexibility index (Phi) is 6.32. The van der Waals surface area contributed by atoms with E-state index in [1.807, 2.05) is 0 Å². The van der Waals surface area contributed by atoms with Crippen LogP contribution in [0.1, 0.15) is 18.4 Å². The molecular weight excluding hydrogens is 460 g/mol. The van der Waals surface area contributed by atoms with E-state index < -0.39 is 48.0 Å². The lowest BCUT2D eigenvalue weighted by Gasteiger charge is -2.47. The smallest absolute Gasteiger partial charge is 0.308 e. The van der Waals surface area contributed by atoms with Crippen LogP contribution in [-0.4, -0.2) is 70.1 Å². The summed E-state index contributed by atoms with van der Waals surface area (Å²) in [5, 5.41) is 41.0. The van der Waals surface area contributed by atoms with Gasteiger partial charge in [0.1, 0.15) is 11.9 Å². The highest BCUT2D eigenvalue weighted by atomic mass is 16.4. The van der Waals surface area contributed by atoms with Crippen molar-refractivity contribution in [3.63, 3.8) is 0 Å². The summed E-state index contributed by atoms with van der Waals surface area (Å²) in [7, 11) is 0. The van der Waals surface area contributed by atoms with Crippen LogP contribution in [-0.2, 0) is 20.0 Å². The molecule has 3 heterocycles. The maximum atomic E-state index is 12.3. The zero-order chi connectivity index (χ0) is 25.3. The maximum Gasteiger partial charge on any atom is 0.308 e. The standard InChI is InChI=1S/C21H26N8O6/c22-16-14-17(29-20(23)28-16)25-8-11(26-14)7-24-10-3-1-9(2-4-10)21(35)15(27-19(21)34)12(18(32)33)5-6-13(30)31/h1-4,12,15-16,24-25,35H,5-8,22H2,(H,27,34)(H,30,31)(H,32,33)(H3,23,28,29). The van der Waals surface area contributed by atoms with Gasteiger partial charge in [-0.3, -0.25) is 19.4 Å². The molecule has 14 nitrogen and oxygen atoms in total. The Hall–Kier alpha value is -4.17. The minimum Gasteiger partial charge on any atom is -0.481 e. The third-order valence-electron chi connectivity index (χ3n) is 6.10. The number of amides is 1. The van der Waals surface area contributed by atoms with Gasteiger partial charge in [-0.1, -0.05) is 12.1 Å². The molecule has 0 bridgehead atoms. The molecule has 1 aromatic rings. The van der Waals surface area contributed by atoms with E-state index in [4.69, 9.17) is 16.6 Å². The molecule has 0 aromatic heterocycles. The zero-order valence-electron chi connectivity index (χ0n) is 18.5. The van der Waals surface area contributed by atoms with Gasteiger partial charge in [-0.25, -0.2) is 0 Å². The number of benzene rings is 1. The number of aliphatic hydroxyl groups is 1. The molecule has 3 aliphatic rings. The third-order valence-corrected chi connectivity index (χ3v) is 6.10. The van der Waals surface area contributed by atoms with Crippen molar-refractivity contribution in [2.24, 2.45) is 27.4 Å². The number of anilines is 1. The molecule has 14 heteroatoms. The molecule has 0 radical (unpaired) electrons. The van der Waals surface area contributed by atoms with Crippen molar-refractivity contribution in [3.8, 4) is 0 Å². The van der Waals surface area contributed by atoms with Crippen LogP contribution in [0.3, 0.4) is 0 Å². The summed E-state index contributed by atoms with van der Waals surface area (Å²) in [6, 6.07) is 5.17. The summed E-state index contributed by atoms with van der Waals surface area (Å²) in [4.78, 5) is 43.5. The first-order valence-corrected chi connectivity index (χ1v) is 10.8. The number of rotatable bonds is 9. The van der Waals surface area contributed by atoms with Crippen LogP contribution in [0.2, 0.25) is 0 Å². The maximum absolute atomic E-state index is 12.3. The summed E-state index contributed by atoms with van der Waals surface area (Å²) in [6.45, 7) is 0.806. The van der Waals surface area contributed by atoms with Gasteiger partial charge in [0.05, 0.1) is 30.8 Å². The first-order valence-electron chi connectivity index (χ1n) is 10.8. The van der Waals surface area contributed by atoms with Crippen molar-refractivity contribution >= 4 is 35.2 Å². The van der Waals surface area contributed by atoms with Gasteiger partial charge in [0.2, 0.25) is 0 Å². The van der Waals surface area contributed by atoms with E-state index in [0.29, 0.717) is 30.3 Å². The first kappa shape index (κ1) is 24.0. The van der Waals surface area contributed by atoms with Gasteiger partial charge in [0.25, 0.3) is 5.91 Å². The minimum atomic E-state index is -2.08. The summed E-state index contributed by atoms with van der Waals surface area (Å²) in [5.41, 5.74) is 11.8. The van der Waals surface area contributed by atoms with Crippen LogP contribution in [0.15, 0.2) is 45.8 Å². The number of β-lactam (4-membered cyclic amide) rings is 1. The highest BCUT2D eigenvalue weighted by molar-refractivity contribution is 5.96. The fourth-order valence-corrected chi connectivity index (χ4v) is 4.21. The zero-order valence-corrected chi connectivity index (χ0v) is 18.5. The second kappa shape index (κ2) is 9.23. The fourth-order valence-electron chi connectivity index (χ4n) is 4.21. The Labute approximate surface area is 199 Å². The number of nitrogens with two attached hydrogens (primary N) is 2. The van der Waals surface area contributed by atoms with E-state index in [1.165, 1.54) is 12.1 Å². The Morgan fingerprint density at radius 1 is 1.20 bits per heavy atom. The summed E-state index contributed by atoms with van der Waals surface area (Å²) < 4.78 is 0. The van der Waals surface area contributed by atoms with E-state index in [1.54, 1.807) is 12.1 Å². The molecule has 35 heavy (non-hydrogen) atoms. The number of carboxylic acid groups (broad SMARTS) is 2. The van der Waals surface area contributed by atoms with Crippen molar-refractivity contribution in [2.45, 2.75) is 30.7 Å². The van der Waals surface area contributed by atoms with Gasteiger partial charge in [-0.15, -0.1) is 0 Å². The lowest BCUT2D eigenvalue weighted by Crippen LogP contribution is -2.73. The predicted octanol–water partition coefficient (Wildman–Crippen LogP) is -2.23. The Balaban J connectivity index is 1.44. The molecule has 1 aromatic carbocycles. The topological polar surface area (TPSA) is 237 Å². The molecule has 0 saturated carbocycles. The van der Waals surface area contributed by atoms with Gasteiger partial charge < -0.3 is 48.1 Å². The number of guanidine groups is 1. The number of nitrogens with zero attached hydrogens (tertiary/aromatic N) is 2. The quantitative estimate of drug-likeness (QED) is 0.169. The van der Waals surface area contributed by atoms with E-state index in [2.05, 4.69) is 31.3 Å². The molecule has 1 amide bonds. The Bertz CT molecular complexity index is 1150. The summed E-state index contributed by atoms with van der Waals surface area (Å²) in [6.07, 6.45) is -1.22. The van der Waals surface area contributed by atoms with Gasteiger partial charge in [0, 0.05) is 12.1 Å². The first-order chi connectivity index (χ1) is 16.6. The summed E-state index contributed by atoms with van der Waals surface area (Å²) in [5.74, 6) is -3.73. The van der Waals surface area contributed by atoms with E-state index >= 15 is 0 Å². The van der Waals surface area contributed by atoms with Crippen LogP contribution in [0, 0.1) is 5.92 Å². The molecule has 4 atom stereocenters. The van der Waals surface area contributed by atoms with Crippen LogP contribution in [0.4, 0.5) is 5.69 Å². The van der Waals surface area contributed by atoms with E-state index in [0.717, 1.165) is 5.71 Å². The predicted molar refractivity (Wildman–Crippen MR) is 124 cm³/mol. The number of carbonyl (C=O) groups is 3. The molecule has 3 aliphatic heterocycles. The average molecular weight is 486 g/mol. The van der Waals surface area contributed by atoms with Crippen LogP contribution in [0.25, 0.3) is 0 Å². The van der Waals surface area contributed by atoms with Crippen LogP contribution >= 0.6 is 0 Å². The van der Waals surface area contributed by atoms with Crippen molar-refractivity contribution in [3.05, 3.63) is 41.3 Å². The van der Waals surface area contributed by atoms with Crippen molar-refractivity contribution in [2.75, 3.05) is 18.4 Å². The van der Waals surface area contributed by atoms with Gasteiger partial charge in [-0.05, 0) is 24.1 Å². The van der Waals surface area contributed by atoms with Crippen LogP contribution < -0.4 is 32.7 Å². The molecule has 0 spiro atoms. The monoisotopic (exact) mass is 486 g/mol. The van der Waals surface area contributed by atoms with Crippen molar-refractivity contribution < 1.29 is 29.7 Å². The normalized spacial score (nSPS) is 26.1. The van der Waals surface area contributed by atoms with Gasteiger partial charge in [-0.2, -0.15) is 4.99 Å². The number of aliphatic carboxylic acids is 2. The molecule has 4 unspecified atom stereocenters. The lowest BCUT2D eigenvalue weighted by atomic mass is 9.71. The SMILES string of the molecule is NC1=NC2=C(N=C(CNc3ccc(C4(O)C(=O)NC4C(CCC(=O)O)C(=O)O)cc3)CN2)C(N)N1. The Morgan fingerprint density at radius 3 is 2.54 bits per heavy atom. The highest BCUT2D eigenvalue weighted by Crippen LogP contribution is 2.38. The largest absolute Gasteiger partial charge is 0.481 e. The molecular formula is C21H26N8O6. The van der Waals surface area contributed by atoms with Crippen molar-refractivity contribution in [1.29, 1.82) is 0 Å². The third kappa shape index (κ3) is 4.61. The van der Waals surface area contributed by atoms with Gasteiger partial charge in [0.15, 0.2) is 17.4 Å². The van der Waals surface area contributed by atoms with E-state index in [9.17, 15) is 24.6 Å². The lowest BCUT2D eigenvalue weighted by molar-refractivity contribution is -0.173. The molecule has 4 rings (SSSR count). The summed E-state index contributed by atoms with van der Waals surface area (Å²) >= 11 is 0. The molecule has 1 fully saturated rings. The second-order valence-electron chi connectivity index (χ2n) is 8.41. The molecule has 1 saturated heterocycles. The number of hydrogen-bond acceptors (Lipinski definition) is 11. The van der Waals surface area contributed by atoms with Crippen LogP contribution in [0.5, 0.6) is 0 Å². The number of aliphatic imine (C=N–C) groups is 2. The second-order valence-corrected chi connectivity index (χ2v) is 8.41. The molecule has 11 N–H and O–H groups in total. The molecule has 186 valence electrons. The minimum absolute atomic E-state index is 0.208. The number of carboxylic acids is 2. The number of carbonyl (C=O) groups excluding carboxylic acids is 1. The van der Waals surface area contributed by atoms with Crippen molar-refractivity contribution in [1.82, 2.24) is 16.0 Å².